The third-order valence-electron chi connectivity index (χ3n) is 4.63. The van der Waals surface area contributed by atoms with Crippen molar-refractivity contribution in [2.75, 3.05) is 0 Å². The average Bonchev–Trinajstić information content (AvgIpc) is 3.20. The van der Waals surface area contributed by atoms with E-state index in [1.807, 2.05) is 0 Å². The fourth-order valence-corrected chi connectivity index (χ4v) is 3.37. The van der Waals surface area contributed by atoms with Crippen LogP contribution in [0.15, 0.2) is 60.7 Å². The van der Waals surface area contributed by atoms with Crippen LogP contribution in [0.2, 0.25) is 0 Å². The molecule has 0 spiro atoms. The smallest absolute Gasteiger partial charge is 0.343 e. The molecule has 0 nitrogen and oxygen atoms in total. The van der Waals surface area contributed by atoms with Gasteiger partial charge in [0.1, 0.15) is 0 Å². The van der Waals surface area contributed by atoms with Crippen LogP contribution in [0.1, 0.15) is 53.4 Å². The zero-order chi connectivity index (χ0) is 16.1. The Kier molecular flexibility index (Phi) is 7.44. The molecule has 0 fully saturated rings. The molecule has 24 heavy (non-hydrogen) atoms. The number of fused-ring (bicyclic) bond motifs is 2. The monoisotopic (exact) mass is 390 g/mol. The topological polar surface area (TPSA) is 0 Å². The van der Waals surface area contributed by atoms with Gasteiger partial charge in [0.25, 0.3) is 0 Å². The van der Waals surface area contributed by atoms with Gasteiger partial charge < -0.3 is 13.8 Å². The fourth-order valence-electron chi connectivity index (χ4n) is 3.37. The molecule has 2 aliphatic rings. The fraction of sp³-hybridized carbons (Fsp3) is 0.217. The molecule has 1 heteroatoms. The van der Waals surface area contributed by atoms with E-state index in [9.17, 15) is 0 Å². The Morgan fingerprint density at radius 1 is 0.708 bits per heavy atom. The molecule has 0 amide bonds. The second-order valence-corrected chi connectivity index (χ2v) is 6.12. The first kappa shape index (κ1) is 19.1. The molecular formula is C23H24Zr. The molecule has 4 rings (SSSR count). The minimum atomic E-state index is 0. The van der Waals surface area contributed by atoms with Gasteiger partial charge in [0.15, 0.2) is 0 Å². The summed E-state index contributed by atoms with van der Waals surface area (Å²) in [7, 11) is 0. The molecule has 0 aliphatic heterocycles. The summed E-state index contributed by atoms with van der Waals surface area (Å²) in [6, 6.07) is 17.1. The summed E-state index contributed by atoms with van der Waals surface area (Å²) in [4.78, 5) is 0. The van der Waals surface area contributed by atoms with Crippen LogP contribution in [0, 0.1) is 13.8 Å². The van der Waals surface area contributed by atoms with E-state index in [1.165, 1.54) is 28.7 Å². The standard InChI is InChI=1S/C12H13.C11H11.Zr/c1-2-5-10-8-9-11-6-3-4-7-12(10)11;1-2-9-7-8-10-5-3-4-6-11(9)10;/h3-4,6-10H,1-2,5H2;3-9H,1-2H2;/q2*-1;+2. The molecule has 0 saturated heterocycles. The summed E-state index contributed by atoms with van der Waals surface area (Å²) in [6.07, 6.45) is 12.1. The summed E-state index contributed by atoms with van der Waals surface area (Å²) in [5.74, 6) is 1.19. The molecule has 0 N–H and O–H groups in total. The average molecular weight is 392 g/mol. The largest absolute Gasteiger partial charge is 2.00 e. The minimum absolute atomic E-state index is 0. The number of rotatable bonds is 3. The summed E-state index contributed by atoms with van der Waals surface area (Å²) < 4.78 is 0. The van der Waals surface area contributed by atoms with E-state index in [4.69, 9.17) is 0 Å². The molecule has 2 aromatic rings. The van der Waals surface area contributed by atoms with E-state index in [1.54, 1.807) is 0 Å². The van der Waals surface area contributed by atoms with E-state index in [2.05, 4.69) is 86.7 Å². The van der Waals surface area contributed by atoms with E-state index < -0.39 is 0 Å². The van der Waals surface area contributed by atoms with Gasteiger partial charge in [-0.1, -0.05) is 79.3 Å². The third kappa shape index (κ3) is 4.25. The van der Waals surface area contributed by atoms with Crippen LogP contribution >= 0.6 is 0 Å². The summed E-state index contributed by atoms with van der Waals surface area (Å²) in [5, 5.41) is 0. The third-order valence-corrected chi connectivity index (χ3v) is 4.63. The van der Waals surface area contributed by atoms with Crippen LogP contribution in [-0.4, -0.2) is 0 Å². The predicted molar refractivity (Wildman–Crippen MR) is 101 cm³/mol. The van der Waals surface area contributed by atoms with E-state index in [0.717, 1.165) is 12.8 Å². The SMILES string of the molecule is [CH2-]CC1C=Cc2ccccc21.[CH2-]CCC1C=Cc2ccccc21.[Zr+2]. The van der Waals surface area contributed by atoms with Gasteiger partial charge in [-0.05, 0) is 28.2 Å². The van der Waals surface area contributed by atoms with Crippen molar-refractivity contribution in [3.05, 3.63) is 96.8 Å². The van der Waals surface area contributed by atoms with Crippen molar-refractivity contribution in [2.45, 2.75) is 31.1 Å². The van der Waals surface area contributed by atoms with Gasteiger partial charge in [-0.15, -0.1) is 0 Å². The molecule has 0 aromatic heterocycles. The van der Waals surface area contributed by atoms with Crippen molar-refractivity contribution >= 4 is 12.2 Å². The van der Waals surface area contributed by atoms with E-state index >= 15 is 0 Å². The molecule has 2 atom stereocenters. The second kappa shape index (κ2) is 9.33. The number of hydrogen-bond acceptors (Lipinski definition) is 0. The minimum Gasteiger partial charge on any atom is -0.343 e. The van der Waals surface area contributed by atoms with Crippen molar-refractivity contribution in [3.63, 3.8) is 0 Å². The maximum atomic E-state index is 3.92. The van der Waals surface area contributed by atoms with E-state index in [0.29, 0.717) is 11.8 Å². The Morgan fingerprint density at radius 2 is 1.21 bits per heavy atom. The van der Waals surface area contributed by atoms with Crippen molar-refractivity contribution in [2.24, 2.45) is 0 Å². The molecule has 120 valence electrons. The molecule has 2 aromatic carbocycles. The van der Waals surface area contributed by atoms with Gasteiger partial charge in [-0.25, -0.2) is 0 Å². The number of allylic oxidation sites excluding steroid dienone is 2. The van der Waals surface area contributed by atoms with Crippen LogP contribution in [-0.2, 0) is 26.2 Å². The van der Waals surface area contributed by atoms with Crippen LogP contribution < -0.4 is 0 Å². The summed E-state index contributed by atoms with van der Waals surface area (Å²) in [6.45, 7) is 7.80. The van der Waals surface area contributed by atoms with Gasteiger partial charge in [-0.3, -0.25) is 0 Å². The van der Waals surface area contributed by atoms with Gasteiger partial charge >= 0.3 is 26.2 Å². The summed E-state index contributed by atoms with van der Waals surface area (Å²) >= 11 is 0. The van der Waals surface area contributed by atoms with Crippen molar-refractivity contribution in [3.8, 4) is 0 Å². The van der Waals surface area contributed by atoms with Crippen molar-refractivity contribution in [1.29, 1.82) is 0 Å². The molecule has 2 aliphatic carbocycles. The Bertz CT molecular complexity index is 711. The molecule has 0 radical (unpaired) electrons. The molecule has 0 saturated carbocycles. The van der Waals surface area contributed by atoms with Crippen LogP contribution in [0.25, 0.3) is 12.2 Å². The van der Waals surface area contributed by atoms with Gasteiger partial charge in [0.2, 0.25) is 0 Å². The Balaban J connectivity index is 0.000000167. The van der Waals surface area contributed by atoms with E-state index in [-0.39, 0.29) is 26.2 Å². The quantitative estimate of drug-likeness (QED) is 0.529. The first-order valence-electron chi connectivity index (χ1n) is 8.46. The van der Waals surface area contributed by atoms with Gasteiger partial charge in [0.05, 0.1) is 0 Å². The predicted octanol–water partition coefficient (Wildman–Crippen LogP) is 6.43. The molecule has 0 heterocycles. The number of benzene rings is 2. The maximum absolute atomic E-state index is 3.92. The normalized spacial score (nSPS) is 19.1. The molecule has 2 unspecified atom stereocenters. The second-order valence-electron chi connectivity index (χ2n) is 6.12. The first-order chi connectivity index (χ1) is 11.3. The van der Waals surface area contributed by atoms with Crippen LogP contribution in [0.3, 0.4) is 0 Å². The first-order valence-corrected chi connectivity index (χ1v) is 8.46. The summed E-state index contributed by atoms with van der Waals surface area (Å²) in [5.41, 5.74) is 5.65. The molecular weight excluding hydrogens is 367 g/mol. The van der Waals surface area contributed by atoms with Gasteiger partial charge in [-0.2, -0.15) is 12.8 Å². The number of hydrogen-bond donors (Lipinski definition) is 0. The maximum Gasteiger partial charge on any atom is 2.00 e. The molecule has 0 bridgehead atoms. The van der Waals surface area contributed by atoms with Crippen molar-refractivity contribution < 1.29 is 26.2 Å². The zero-order valence-electron chi connectivity index (χ0n) is 14.1. The van der Waals surface area contributed by atoms with Crippen molar-refractivity contribution in [1.82, 2.24) is 0 Å². The zero-order valence-corrected chi connectivity index (χ0v) is 16.6. The van der Waals surface area contributed by atoms with Gasteiger partial charge in [0, 0.05) is 5.92 Å². The Hall–Kier alpha value is -1.20. The Labute approximate surface area is 165 Å². The van der Waals surface area contributed by atoms with Crippen LogP contribution in [0.5, 0.6) is 0 Å². The van der Waals surface area contributed by atoms with Crippen LogP contribution in [0.4, 0.5) is 0 Å². The Morgan fingerprint density at radius 3 is 1.75 bits per heavy atom.